The van der Waals surface area contributed by atoms with E-state index in [1.165, 1.54) is 31.9 Å². The molecule has 25 heavy (non-hydrogen) atoms. The van der Waals surface area contributed by atoms with Gasteiger partial charge in [0, 0.05) is 12.1 Å². The molecule has 0 saturated carbocycles. The minimum absolute atomic E-state index is 0.137. The molecule has 2 aromatic rings. The molecule has 1 N–H and O–H groups in total. The van der Waals surface area contributed by atoms with Crippen molar-refractivity contribution in [2.24, 2.45) is 0 Å². The predicted octanol–water partition coefficient (Wildman–Crippen LogP) is 3.67. The Balaban J connectivity index is 2.34. The van der Waals surface area contributed by atoms with Crippen LogP contribution in [0.5, 0.6) is 11.5 Å². The van der Waals surface area contributed by atoms with Crippen molar-refractivity contribution in [2.45, 2.75) is 38.6 Å². The first-order chi connectivity index (χ1) is 11.7. The van der Waals surface area contributed by atoms with Gasteiger partial charge < -0.3 is 9.47 Å². The van der Waals surface area contributed by atoms with Gasteiger partial charge in [-0.2, -0.15) is 0 Å². The molecular weight excluding hydrogens is 338 g/mol. The van der Waals surface area contributed by atoms with Gasteiger partial charge in [-0.1, -0.05) is 12.1 Å². The highest BCUT2D eigenvalue weighted by Gasteiger charge is 2.21. The second kappa shape index (κ2) is 7.45. The van der Waals surface area contributed by atoms with E-state index >= 15 is 0 Å². The molecular formula is C19H25NO4S. The summed E-state index contributed by atoms with van der Waals surface area (Å²) in [6.45, 7) is 7.90. The van der Waals surface area contributed by atoms with Gasteiger partial charge in [0.15, 0.2) is 11.5 Å². The van der Waals surface area contributed by atoms with Crippen LogP contribution in [-0.2, 0) is 10.0 Å². The molecule has 5 nitrogen and oxygen atoms in total. The smallest absolute Gasteiger partial charge is 0.241 e. The first-order valence-corrected chi connectivity index (χ1v) is 9.50. The zero-order valence-corrected chi connectivity index (χ0v) is 16.3. The zero-order chi connectivity index (χ0) is 18.8. The van der Waals surface area contributed by atoms with Gasteiger partial charge in [-0.3, -0.25) is 0 Å². The Morgan fingerprint density at radius 2 is 1.48 bits per heavy atom. The number of aryl methyl sites for hydroxylation is 3. The molecule has 1 atom stereocenters. The first kappa shape index (κ1) is 19.3. The van der Waals surface area contributed by atoms with E-state index in [-0.39, 0.29) is 10.9 Å². The van der Waals surface area contributed by atoms with E-state index in [2.05, 4.69) is 10.8 Å². The molecule has 0 aliphatic heterocycles. The third-order valence-electron chi connectivity index (χ3n) is 4.35. The minimum Gasteiger partial charge on any atom is -0.493 e. The zero-order valence-electron chi connectivity index (χ0n) is 15.5. The maximum Gasteiger partial charge on any atom is 0.241 e. The van der Waals surface area contributed by atoms with Crippen LogP contribution >= 0.6 is 0 Å². The van der Waals surface area contributed by atoms with Crippen molar-refractivity contribution in [1.82, 2.24) is 4.72 Å². The largest absolute Gasteiger partial charge is 0.493 e. The third-order valence-corrected chi connectivity index (χ3v) is 5.88. The lowest BCUT2D eigenvalue weighted by molar-refractivity contribution is 0.354. The van der Waals surface area contributed by atoms with Crippen molar-refractivity contribution in [3.8, 4) is 11.5 Å². The molecule has 0 aromatic heterocycles. The molecule has 2 rings (SSSR count). The van der Waals surface area contributed by atoms with E-state index in [0.717, 1.165) is 16.7 Å². The molecule has 0 unspecified atom stereocenters. The van der Waals surface area contributed by atoms with Gasteiger partial charge in [0.25, 0.3) is 0 Å². The van der Waals surface area contributed by atoms with Gasteiger partial charge in [0.05, 0.1) is 19.1 Å². The number of hydrogen-bond acceptors (Lipinski definition) is 4. The van der Waals surface area contributed by atoms with Crippen LogP contribution in [0.25, 0.3) is 0 Å². The molecule has 0 amide bonds. The highest BCUT2D eigenvalue weighted by molar-refractivity contribution is 7.89. The van der Waals surface area contributed by atoms with Gasteiger partial charge in [-0.25, -0.2) is 13.1 Å². The van der Waals surface area contributed by atoms with Crippen molar-refractivity contribution in [3.63, 3.8) is 0 Å². The normalized spacial score (nSPS) is 12.7. The van der Waals surface area contributed by atoms with Gasteiger partial charge in [-0.15, -0.1) is 0 Å². The lowest BCUT2D eigenvalue weighted by Crippen LogP contribution is -2.27. The molecule has 0 saturated heterocycles. The summed E-state index contributed by atoms with van der Waals surface area (Å²) < 4.78 is 38.6. The van der Waals surface area contributed by atoms with Gasteiger partial charge >= 0.3 is 0 Å². The molecule has 0 spiro atoms. The van der Waals surface area contributed by atoms with Crippen LogP contribution in [0.4, 0.5) is 0 Å². The molecule has 0 aliphatic rings. The number of ether oxygens (including phenoxy) is 2. The molecule has 0 bridgehead atoms. The number of sulfonamides is 1. The molecule has 6 heteroatoms. The van der Waals surface area contributed by atoms with Gasteiger partial charge in [0.2, 0.25) is 10.0 Å². The summed E-state index contributed by atoms with van der Waals surface area (Å²) in [4.78, 5) is 0.137. The van der Waals surface area contributed by atoms with Crippen LogP contribution in [0.3, 0.4) is 0 Å². The van der Waals surface area contributed by atoms with Crippen LogP contribution in [0.2, 0.25) is 0 Å². The number of nitrogens with one attached hydrogen (secondary N) is 1. The van der Waals surface area contributed by atoms with E-state index in [9.17, 15) is 8.42 Å². The molecule has 0 aliphatic carbocycles. The van der Waals surface area contributed by atoms with Crippen molar-refractivity contribution < 1.29 is 17.9 Å². The Hall–Kier alpha value is -2.05. The number of methoxy groups -OCH3 is 2. The van der Waals surface area contributed by atoms with E-state index in [1.54, 1.807) is 6.07 Å². The van der Waals surface area contributed by atoms with Crippen LogP contribution in [-0.4, -0.2) is 22.6 Å². The lowest BCUT2D eigenvalue weighted by atomic mass is 9.97. The molecule has 0 heterocycles. The fraction of sp³-hybridized carbons (Fsp3) is 0.368. The van der Waals surface area contributed by atoms with E-state index in [0.29, 0.717) is 11.5 Å². The highest BCUT2D eigenvalue weighted by atomic mass is 32.2. The fourth-order valence-electron chi connectivity index (χ4n) is 2.80. The Morgan fingerprint density at radius 3 is 2.08 bits per heavy atom. The second-order valence-corrected chi connectivity index (χ2v) is 7.87. The van der Waals surface area contributed by atoms with E-state index in [1.807, 2.05) is 33.8 Å². The Bertz CT molecular complexity index is 875. The highest BCUT2D eigenvalue weighted by Crippen LogP contribution is 2.30. The van der Waals surface area contributed by atoms with Crippen LogP contribution in [0, 0.1) is 20.8 Å². The summed E-state index contributed by atoms with van der Waals surface area (Å²) >= 11 is 0. The van der Waals surface area contributed by atoms with Crippen molar-refractivity contribution in [1.29, 1.82) is 0 Å². The minimum atomic E-state index is -3.69. The maximum atomic E-state index is 12.7. The summed E-state index contributed by atoms with van der Waals surface area (Å²) in [5, 5.41) is 0. The number of rotatable bonds is 6. The summed E-state index contributed by atoms with van der Waals surface area (Å²) in [7, 11) is -0.707. The Labute approximate surface area is 150 Å². The van der Waals surface area contributed by atoms with Gasteiger partial charge in [0.1, 0.15) is 0 Å². The van der Waals surface area contributed by atoms with E-state index < -0.39 is 10.0 Å². The summed E-state index contributed by atoms with van der Waals surface area (Å²) in [5.74, 6) is 0.861. The monoisotopic (exact) mass is 363 g/mol. The van der Waals surface area contributed by atoms with Crippen LogP contribution < -0.4 is 14.2 Å². The third kappa shape index (κ3) is 4.14. The quantitative estimate of drug-likeness (QED) is 0.850. The SMILES string of the molecule is COc1ccc(S(=O)(=O)N[C@@H](C)c2cc(C)c(C)cc2C)cc1OC. The van der Waals surface area contributed by atoms with Crippen molar-refractivity contribution in [2.75, 3.05) is 14.2 Å². The van der Waals surface area contributed by atoms with Crippen LogP contribution in [0.15, 0.2) is 35.2 Å². The maximum absolute atomic E-state index is 12.7. The lowest BCUT2D eigenvalue weighted by Gasteiger charge is -2.19. The average molecular weight is 363 g/mol. The molecule has 0 radical (unpaired) electrons. The summed E-state index contributed by atoms with van der Waals surface area (Å²) in [5.41, 5.74) is 4.35. The predicted molar refractivity (Wildman–Crippen MR) is 98.9 cm³/mol. The summed E-state index contributed by atoms with van der Waals surface area (Å²) in [6.07, 6.45) is 0. The van der Waals surface area contributed by atoms with E-state index in [4.69, 9.17) is 9.47 Å². The molecule has 2 aromatic carbocycles. The Kier molecular flexibility index (Phi) is 5.75. The summed E-state index contributed by atoms with van der Waals surface area (Å²) in [6, 6.07) is 8.31. The second-order valence-electron chi connectivity index (χ2n) is 6.15. The number of benzene rings is 2. The van der Waals surface area contributed by atoms with Gasteiger partial charge in [-0.05, 0) is 62.1 Å². The topological polar surface area (TPSA) is 64.6 Å². The van der Waals surface area contributed by atoms with Crippen molar-refractivity contribution >= 4 is 10.0 Å². The molecule has 0 fully saturated rings. The Morgan fingerprint density at radius 1 is 0.880 bits per heavy atom. The van der Waals surface area contributed by atoms with Crippen molar-refractivity contribution in [3.05, 3.63) is 52.6 Å². The fourth-order valence-corrected chi connectivity index (χ4v) is 4.04. The number of hydrogen-bond donors (Lipinski definition) is 1. The standard InChI is InChI=1S/C19H25NO4S/c1-12-9-14(3)17(10-13(12)2)15(4)20-25(21,22)16-7-8-18(23-5)19(11-16)24-6/h7-11,15,20H,1-6H3/t15-/m0/s1. The average Bonchev–Trinajstić information content (AvgIpc) is 2.56. The molecule has 136 valence electrons. The first-order valence-electron chi connectivity index (χ1n) is 8.01. The van der Waals surface area contributed by atoms with Crippen LogP contribution in [0.1, 0.15) is 35.2 Å².